The molecule has 21 heavy (non-hydrogen) atoms. The molecule has 0 aromatic heterocycles. The Hall–Kier alpha value is -1.74. The van der Waals surface area contributed by atoms with E-state index in [-0.39, 0.29) is 11.9 Å². The summed E-state index contributed by atoms with van der Waals surface area (Å²) in [5.74, 6) is 0.0975. The highest BCUT2D eigenvalue weighted by Gasteiger charge is 2.09. The monoisotopic (exact) mass is 299 g/mol. The first-order valence-corrected chi connectivity index (χ1v) is 8.39. The summed E-state index contributed by atoms with van der Waals surface area (Å²) in [6.45, 7) is 2.02. The number of rotatable bonds is 6. The molecule has 0 heterocycles. The molecule has 1 atom stereocenters. The Balaban J connectivity index is 1.83. The molecule has 2 aromatic carbocycles. The van der Waals surface area contributed by atoms with E-state index < -0.39 is 0 Å². The van der Waals surface area contributed by atoms with Gasteiger partial charge >= 0.3 is 0 Å². The lowest BCUT2D eigenvalue weighted by atomic mass is 10.1. The van der Waals surface area contributed by atoms with Crippen molar-refractivity contribution in [2.75, 3.05) is 6.26 Å². The van der Waals surface area contributed by atoms with Crippen molar-refractivity contribution in [1.29, 1.82) is 0 Å². The molecule has 2 rings (SSSR count). The van der Waals surface area contributed by atoms with Crippen LogP contribution < -0.4 is 5.32 Å². The third-order valence-corrected chi connectivity index (χ3v) is 4.22. The molecule has 0 aliphatic heterocycles. The Bertz CT molecular complexity index is 566. The highest BCUT2D eigenvalue weighted by molar-refractivity contribution is 7.98. The van der Waals surface area contributed by atoms with Gasteiger partial charge < -0.3 is 5.32 Å². The van der Waals surface area contributed by atoms with Crippen molar-refractivity contribution in [3.8, 4) is 0 Å². The van der Waals surface area contributed by atoms with E-state index in [0.717, 1.165) is 12.0 Å². The Morgan fingerprint density at radius 2 is 1.76 bits per heavy atom. The number of hydrogen-bond acceptors (Lipinski definition) is 2. The van der Waals surface area contributed by atoms with Gasteiger partial charge in [0.15, 0.2) is 0 Å². The lowest BCUT2D eigenvalue weighted by Crippen LogP contribution is -2.26. The second-order valence-electron chi connectivity index (χ2n) is 5.05. The first-order valence-electron chi connectivity index (χ1n) is 7.16. The van der Waals surface area contributed by atoms with Crippen LogP contribution in [0.25, 0.3) is 0 Å². The minimum absolute atomic E-state index is 0.0455. The van der Waals surface area contributed by atoms with Crippen LogP contribution in [0.15, 0.2) is 59.5 Å². The van der Waals surface area contributed by atoms with Gasteiger partial charge in [0.25, 0.3) is 0 Å². The summed E-state index contributed by atoms with van der Waals surface area (Å²) in [5.41, 5.74) is 2.34. The van der Waals surface area contributed by atoms with Crippen molar-refractivity contribution in [2.45, 2.75) is 30.7 Å². The van der Waals surface area contributed by atoms with Crippen molar-refractivity contribution in [3.05, 3.63) is 65.7 Å². The van der Waals surface area contributed by atoms with Gasteiger partial charge in [-0.1, -0.05) is 42.5 Å². The Morgan fingerprint density at radius 3 is 2.38 bits per heavy atom. The molecule has 0 aliphatic rings. The third kappa shape index (κ3) is 4.94. The molecule has 110 valence electrons. The van der Waals surface area contributed by atoms with Crippen LogP contribution in [-0.4, -0.2) is 12.2 Å². The zero-order chi connectivity index (χ0) is 15.1. The largest absolute Gasteiger partial charge is 0.350 e. The standard InChI is InChI=1S/C18H21NOS/c1-14(16-9-11-17(21-2)12-10-16)19-18(20)13-8-15-6-4-3-5-7-15/h3-7,9-12,14H,8,13H2,1-2H3,(H,19,20). The maximum atomic E-state index is 12.0. The molecule has 0 bridgehead atoms. The zero-order valence-corrected chi connectivity index (χ0v) is 13.3. The fourth-order valence-corrected chi connectivity index (χ4v) is 2.60. The number of aryl methyl sites for hydroxylation is 1. The lowest BCUT2D eigenvalue weighted by Gasteiger charge is -2.14. The normalized spacial score (nSPS) is 11.9. The van der Waals surface area contributed by atoms with Gasteiger partial charge in [0.05, 0.1) is 6.04 Å². The molecule has 0 saturated carbocycles. The first-order chi connectivity index (χ1) is 10.2. The average Bonchev–Trinajstić information content (AvgIpc) is 2.54. The van der Waals surface area contributed by atoms with E-state index in [4.69, 9.17) is 0 Å². The van der Waals surface area contributed by atoms with E-state index in [0.29, 0.717) is 6.42 Å². The van der Waals surface area contributed by atoms with Crippen LogP contribution in [0, 0.1) is 0 Å². The summed E-state index contributed by atoms with van der Waals surface area (Å²) >= 11 is 1.72. The molecule has 1 unspecified atom stereocenters. The van der Waals surface area contributed by atoms with Crippen LogP contribution in [0.1, 0.15) is 30.5 Å². The molecule has 1 amide bonds. The molecular formula is C18H21NOS. The van der Waals surface area contributed by atoms with Crippen molar-refractivity contribution >= 4 is 17.7 Å². The number of thioether (sulfide) groups is 1. The maximum Gasteiger partial charge on any atom is 0.220 e. The van der Waals surface area contributed by atoms with E-state index in [1.165, 1.54) is 10.5 Å². The zero-order valence-electron chi connectivity index (χ0n) is 12.5. The molecule has 1 N–H and O–H groups in total. The van der Waals surface area contributed by atoms with E-state index in [2.05, 4.69) is 48.0 Å². The Kier molecular flexibility index (Phi) is 5.88. The van der Waals surface area contributed by atoms with Gasteiger partial charge in [0.2, 0.25) is 5.91 Å². The van der Waals surface area contributed by atoms with Gasteiger partial charge in [-0.25, -0.2) is 0 Å². The number of benzene rings is 2. The summed E-state index contributed by atoms with van der Waals surface area (Å²) in [5, 5.41) is 3.06. The van der Waals surface area contributed by atoms with Gasteiger partial charge in [0, 0.05) is 11.3 Å². The maximum absolute atomic E-state index is 12.0. The van der Waals surface area contributed by atoms with Crippen molar-refractivity contribution < 1.29 is 4.79 Å². The van der Waals surface area contributed by atoms with Gasteiger partial charge in [-0.2, -0.15) is 0 Å². The SMILES string of the molecule is CSc1ccc(C(C)NC(=O)CCc2ccccc2)cc1. The number of amides is 1. The smallest absolute Gasteiger partial charge is 0.220 e. The number of nitrogens with one attached hydrogen (secondary N) is 1. The number of hydrogen-bond donors (Lipinski definition) is 1. The van der Waals surface area contributed by atoms with Gasteiger partial charge in [0.1, 0.15) is 0 Å². The van der Waals surface area contributed by atoms with Crippen LogP contribution in [0.4, 0.5) is 0 Å². The van der Waals surface area contributed by atoms with Crippen molar-refractivity contribution in [3.63, 3.8) is 0 Å². The topological polar surface area (TPSA) is 29.1 Å². The third-order valence-electron chi connectivity index (χ3n) is 3.48. The Labute approximate surface area is 131 Å². The average molecular weight is 299 g/mol. The minimum Gasteiger partial charge on any atom is -0.350 e. The van der Waals surface area contributed by atoms with E-state index in [1.807, 2.05) is 25.1 Å². The second kappa shape index (κ2) is 7.89. The van der Waals surface area contributed by atoms with Crippen LogP contribution in [0.2, 0.25) is 0 Å². The predicted octanol–water partition coefficient (Wildman–Crippen LogP) is 4.22. The molecule has 0 fully saturated rings. The molecule has 0 radical (unpaired) electrons. The second-order valence-corrected chi connectivity index (χ2v) is 5.93. The molecule has 0 aliphatic carbocycles. The van der Waals surface area contributed by atoms with Crippen LogP contribution >= 0.6 is 11.8 Å². The summed E-state index contributed by atoms with van der Waals surface area (Å²) in [4.78, 5) is 13.2. The summed E-state index contributed by atoms with van der Waals surface area (Å²) in [7, 11) is 0. The number of carbonyl (C=O) groups excluding carboxylic acids is 1. The van der Waals surface area contributed by atoms with E-state index in [9.17, 15) is 4.79 Å². The van der Waals surface area contributed by atoms with Crippen molar-refractivity contribution in [2.24, 2.45) is 0 Å². The Morgan fingerprint density at radius 1 is 1.10 bits per heavy atom. The van der Waals surface area contributed by atoms with E-state index in [1.54, 1.807) is 11.8 Å². The molecule has 2 aromatic rings. The highest BCUT2D eigenvalue weighted by Crippen LogP contribution is 2.19. The minimum atomic E-state index is 0.0455. The number of carbonyl (C=O) groups is 1. The molecular weight excluding hydrogens is 278 g/mol. The van der Waals surface area contributed by atoms with Gasteiger partial charge in [-0.3, -0.25) is 4.79 Å². The van der Waals surface area contributed by atoms with Gasteiger partial charge in [-0.15, -0.1) is 11.8 Å². The van der Waals surface area contributed by atoms with Crippen LogP contribution in [0.3, 0.4) is 0 Å². The van der Waals surface area contributed by atoms with Crippen LogP contribution in [-0.2, 0) is 11.2 Å². The highest BCUT2D eigenvalue weighted by atomic mass is 32.2. The molecule has 0 saturated heterocycles. The molecule has 0 spiro atoms. The fraction of sp³-hybridized carbons (Fsp3) is 0.278. The van der Waals surface area contributed by atoms with Gasteiger partial charge in [-0.05, 0) is 42.9 Å². The predicted molar refractivity (Wildman–Crippen MR) is 89.5 cm³/mol. The quantitative estimate of drug-likeness (QED) is 0.809. The van der Waals surface area contributed by atoms with E-state index >= 15 is 0 Å². The van der Waals surface area contributed by atoms with Crippen LogP contribution in [0.5, 0.6) is 0 Å². The first kappa shape index (κ1) is 15.6. The summed E-state index contributed by atoms with van der Waals surface area (Å²) < 4.78 is 0. The summed E-state index contributed by atoms with van der Waals surface area (Å²) in [6.07, 6.45) is 3.37. The molecule has 2 nitrogen and oxygen atoms in total. The lowest BCUT2D eigenvalue weighted by molar-refractivity contribution is -0.121. The summed E-state index contributed by atoms with van der Waals surface area (Å²) in [6, 6.07) is 18.5. The molecule has 3 heteroatoms. The fourth-order valence-electron chi connectivity index (χ4n) is 2.19. The van der Waals surface area contributed by atoms with Crippen molar-refractivity contribution in [1.82, 2.24) is 5.32 Å².